The Hall–Kier alpha value is -1.29. The third kappa shape index (κ3) is 2.58. The Labute approximate surface area is 107 Å². The van der Waals surface area contributed by atoms with Gasteiger partial charge in [0.05, 0.1) is 7.11 Å². The lowest BCUT2D eigenvalue weighted by Gasteiger charge is -2.24. The number of phenols is 1. The fourth-order valence-corrected chi connectivity index (χ4v) is 2.58. The Bertz CT molecular complexity index is 428. The number of benzene rings is 1. The van der Waals surface area contributed by atoms with E-state index in [1.54, 1.807) is 0 Å². The van der Waals surface area contributed by atoms with Crippen LogP contribution in [0.4, 0.5) is 4.39 Å². The van der Waals surface area contributed by atoms with Crippen LogP contribution in [-0.4, -0.2) is 25.3 Å². The fraction of sp³-hybridized carbons (Fsp3) is 0.571. The second-order valence-corrected chi connectivity index (χ2v) is 4.94. The zero-order valence-corrected chi connectivity index (χ0v) is 10.9. The number of phenolic OH excluding ortho intramolecular Hbond substituents is 1. The molecule has 0 radical (unpaired) electrons. The van der Waals surface area contributed by atoms with Gasteiger partial charge in [-0.05, 0) is 62.4 Å². The first kappa shape index (κ1) is 13.1. The third-order valence-corrected chi connectivity index (χ3v) is 3.68. The fourth-order valence-electron chi connectivity index (χ4n) is 2.58. The number of halogens is 1. The molecule has 1 aliphatic rings. The highest BCUT2D eigenvalue weighted by atomic mass is 19.1. The van der Waals surface area contributed by atoms with Crippen LogP contribution in [0.15, 0.2) is 6.07 Å². The predicted octanol–water partition coefficient (Wildman–Crippen LogP) is 2.39. The molecule has 1 atom stereocenters. The van der Waals surface area contributed by atoms with Crippen molar-refractivity contribution in [3.05, 3.63) is 23.0 Å². The quantitative estimate of drug-likeness (QED) is 0.869. The smallest absolute Gasteiger partial charge is 0.196 e. The van der Waals surface area contributed by atoms with Gasteiger partial charge in [0.25, 0.3) is 0 Å². The molecule has 2 rings (SSSR count). The van der Waals surface area contributed by atoms with Crippen LogP contribution in [-0.2, 0) is 6.42 Å². The van der Waals surface area contributed by atoms with Crippen molar-refractivity contribution in [1.82, 2.24) is 5.32 Å². The van der Waals surface area contributed by atoms with E-state index in [0.29, 0.717) is 5.92 Å². The summed E-state index contributed by atoms with van der Waals surface area (Å²) in [5.74, 6) is -0.0988. The summed E-state index contributed by atoms with van der Waals surface area (Å²) >= 11 is 0. The molecular weight excluding hydrogens is 233 g/mol. The molecule has 0 aliphatic carbocycles. The Morgan fingerprint density at radius 2 is 2.33 bits per heavy atom. The molecule has 1 aromatic rings. The average molecular weight is 253 g/mol. The van der Waals surface area contributed by atoms with Crippen molar-refractivity contribution in [2.45, 2.75) is 26.2 Å². The Morgan fingerprint density at radius 1 is 1.56 bits per heavy atom. The predicted molar refractivity (Wildman–Crippen MR) is 68.7 cm³/mol. The first-order valence-electron chi connectivity index (χ1n) is 6.39. The number of ether oxygens (including phenoxy) is 1. The van der Waals surface area contributed by atoms with Crippen molar-refractivity contribution in [1.29, 1.82) is 0 Å². The summed E-state index contributed by atoms with van der Waals surface area (Å²) < 4.78 is 18.6. The van der Waals surface area contributed by atoms with Crippen molar-refractivity contribution in [3.8, 4) is 11.5 Å². The number of methoxy groups -OCH3 is 1. The van der Waals surface area contributed by atoms with Gasteiger partial charge in [0.1, 0.15) is 0 Å². The minimum atomic E-state index is -0.487. The van der Waals surface area contributed by atoms with E-state index in [-0.39, 0.29) is 11.5 Å². The van der Waals surface area contributed by atoms with Gasteiger partial charge in [0.15, 0.2) is 17.3 Å². The van der Waals surface area contributed by atoms with Crippen LogP contribution in [0.3, 0.4) is 0 Å². The van der Waals surface area contributed by atoms with Crippen LogP contribution in [0.5, 0.6) is 11.5 Å². The second-order valence-electron chi connectivity index (χ2n) is 4.94. The molecule has 1 heterocycles. The number of rotatable bonds is 3. The van der Waals surface area contributed by atoms with Gasteiger partial charge in [-0.3, -0.25) is 0 Å². The zero-order chi connectivity index (χ0) is 13.1. The number of hydrogen-bond acceptors (Lipinski definition) is 3. The van der Waals surface area contributed by atoms with E-state index >= 15 is 0 Å². The first-order valence-corrected chi connectivity index (χ1v) is 6.39. The first-order chi connectivity index (χ1) is 8.63. The molecule has 18 heavy (non-hydrogen) atoms. The van der Waals surface area contributed by atoms with E-state index in [9.17, 15) is 9.50 Å². The number of piperidine rings is 1. The number of nitrogens with one attached hydrogen (secondary N) is 1. The number of hydrogen-bond donors (Lipinski definition) is 2. The van der Waals surface area contributed by atoms with E-state index in [2.05, 4.69) is 5.32 Å². The molecule has 1 aliphatic heterocycles. The second kappa shape index (κ2) is 5.57. The van der Waals surface area contributed by atoms with Gasteiger partial charge >= 0.3 is 0 Å². The summed E-state index contributed by atoms with van der Waals surface area (Å²) in [4.78, 5) is 0. The van der Waals surface area contributed by atoms with Gasteiger partial charge in [0.2, 0.25) is 0 Å². The summed E-state index contributed by atoms with van der Waals surface area (Å²) in [6, 6.07) is 1.49. The van der Waals surface area contributed by atoms with Gasteiger partial charge in [-0.15, -0.1) is 0 Å². The Balaban J connectivity index is 2.22. The number of aromatic hydroxyl groups is 1. The largest absolute Gasteiger partial charge is 0.504 e. The minimum absolute atomic E-state index is 0.0574. The van der Waals surface area contributed by atoms with E-state index in [1.165, 1.54) is 13.2 Å². The molecule has 3 nitrogen and oxygen atoms in total. The van der Waals surface area contributed by atoms with Crippen LogP contribution >= 0.6 is 0 Å². The van der Waals surface area contributed by atoms with Gasteiger partial charge in [-0.2, -0.15) is 0 Å². The lowest BCUT2D eigenvalue weighted by molar-refractivity contribution is 0.345. The molecule has 100 valence electrons. The van der Waals surface area contributed by atoms with Crippen LogP contribution in [0.1, 0.15) is 24.0 Å². The highest BCUT2D eigenvalue weighted by Crippen LogP contribution is 2.35. The van der Waals surface area contributed by atoms with Gasteiger partial charge < -0.3 is 15.2 Å². The maximum absolute atomic E-state index is 13.7. The zero-order valence-electron chi connectivity index (χ0n) is 10.9. The molecule has 1 saturated heterocycles. The molecule has 1 fully saturated rings. The third-order valence-electron chi connectivity index (χ3n) is 3.68. The summed E-state index contributed by atoms with van der Waals surface area (Å²) in [6.45, 7) is 3.84. The van der Waals surface area contributed by atoms with Crippen molar-refractivity contribution in [2.24, 2.45) is 5.92 Å². The Kier molecular flexibility index (Phi) is 4.07. The van der Waals surface area contributed by atoms with Crippen molar-refractivity contribution in [2.75, 3.05) is 20.2 Å². The molecule has 1 unspecified atom stereocenters. The minimum Gasteiger partial charge on any atom is -0.504 e. The Morgan fingerprint density at radius 3 is 2.94 bits per heavy atom. The molecule has 2 N–H and O–H groups in total. The summed E-state index contributed by atoms with van der Waals surface area (Å²) in [5.41, 5.74) is 1.60. The molecule has 4 heteroatoms. The molecular formula is C14H20FNO2. The molecule has 1 aromatic carbocycles. The maximum Gasteiger partial charge on any atom is 0.196 e. The maximum atomic E-state index is 13.7. The molecule has 0 saturated carbocycles. The lowest BCUT2D eigenvalue weighted by Crippen LogP contribution is -2.31. The molecule has 0 aromatic heterocycles. The highest BCUT2D eigenvalue weighted by molar-refractivity contribution is 5.50. The summed E-state index contributed by atoms with van der Waals surface area (Å²) in [5, 5.41) is 13.3. The van der Waals surface area contributed by atoms with E-state index in [4.69, 9.17) is 4.74 Å². The monoisotopic (exact) mass is 253 g/mol. The van der Waals surface area contributed by atoms with Gasteiger partial charge in [-0.1, -0.05) is 0 Å². The van der Waals surface area contributed by atoms with Gasteiger partial charge in [-0.25, -0.2) is 4.39 Å². The van der Waals surface area contributed by atoms with Crippen LogP contribution in [0, 0.1) is 18.7 Å². The van der Waals surface area contributed by atoms with E-state index in [1.807, 2.05) is 6.92 Å². The van der Waals surface area contributed by atoms with Crippen LogP contribution in [0.2, 0.25) is 0 Å². The van der Waals surface area contributed by atoms with Crippen LogP contribution < -0.4 is 10.1 Å². The molecule has 0 spiro atoms. The van der Waals surface area contributed by atoms with Crippen molar-refractivity contribution in [3.63, 3.8) is 0 Å². The standard InChI is InChI=1S/C14H20FNO2/c1-9-11(6-10-4-3-5-16-8-10)7-12(15)14(18-2)13(9)17/h7,10,16-17H,3-6,8H2,1-2H3. The normalized spacial score (nSPS) is 19.8. The van der Waals surface area contributed by atoms with Gasteiger partial charge in [0, 0.05) is 0 Å². The summed E-state index contributed by atoms with van der Waals surface area (Å²) in [7, 11) is 1.36. The highest BCUT2D eigenvalue weighted by Gasteiger charge is 2.19. The SMILES string of the molecule is COc1c(F)cc(CC2CCCNC2)c(C)c1O. The molecule has 0 amide bonds. The average Bonchev–Trinajstić information content (AvgIpc) is 2.37. The molecule has 0 bridgehead atoms. The van der Waals surface area contributed by atoms with Crippen LogP contribution in [0.25, 0.3) is 0 Å². The topological polar surface area (TPSA) is 41.5 Å². The lowest BCUT2D eigenvalue weighted by atomic mass is 9.90. The van der Waals surface area contributed by atoms with E-state index < -0.39 is 5.82 Å². The van der Waals surface area contributed by atoms with Crippen molar-refractivity contribution >= 4 is 0 Å². The summed E-state index contributed by atoms with van der Waals surface area (Å²) in [6.07, 6.45) is 3.11. The van der Waals surface area contributed by atoms with E-state index in [0.717, 1.165) is 43.5 Å². The van der Waals surface area contributed by atoms with Crippen molar-refractivity contribution < 1.29 is 14.2 Å².